The van der Waals surface area contributed by atoms with Crippen molar-refractivity contribution in [2.75, 3.05) is 6.61 Å². The molecule has 3 heteroatoms. The fourth-order valence-corrected chi connectivity index (χ4v) is 1.15. The zero-order valence-corrected chi connectivity index (χ0v) is 9.29. The standard InChI is InChI=1S/C13H15NO2/c1-11(16)14-10-13-7-5-12(6-8-13)4-2-3-9-15/h5-8,15H,3,9-10H2,1H3,(H,14,16). The third kappa shape index (κ3) is 4.63. The molecule has 0 spiro atoms. The molecule has 0 unspecified atom stereocenters. The lowest BCUT2D eigenvalue weighted by Crippen LogP contribution is -2.18. The molecule has 2 N–H and O–H groups in total. The monoisotopic (exact) mass is 217 g/mol. The first-order valence-electron chi connectivity index (χ1n) is 5.15. The van der Waals surface area contributed by atoms with Crippen LogP contribution in [0.2, 0.25) is 0 Å². The molecule has 0 aliphatic rings. The van der Waals surface area contributed by atoms with Crippen molar-refractivity contribution in [1.29, 1.82) is 0 Å². The van der Waals surface area contributed by atoms with E-state index < -0.39 is 0 Å². The van der Waals surface area contributed by atoms with Gasteiger partial charge in [-0.05, 0) is 17.7 Å². The summed E-state index contributed by atoms with van der Waals surface area (Å²) in [4.78, 5) is 10.7. The minimum atomic E-state index is -0.0354. The number of carbonyl (C=O) groups is 1. The van der Waals surface area contributed by atoms with Gasteiger partial charge in [0, 0.05) is 25.5 Å². The predicted molar refractivity (Wildman–Crippen MR) is 62.5 cm³/mol. The minimum absolute atomic E-state index is 0.0354. The Kier molecular flexibility index (Phi) is 5.10. The molecule has 84 valence electrons. The number of hydrogen-bond acceptors (Lipinski definition) is 2. The zero-order chi connectivity index (χ0) is 11.8. The summed E-state index contributed by atoms with van der Waals surface area (Å²) in [5.74, 6) is 5.76. The number of carbonyl (C=O) groups excluding carboxylic acids is 1. The second-order valence-electron chi connectivity index (χ2n) is 3.38. The lowest BCUT2D eigenvalue weighted by atomic mass is 10.1. The highest BCUT2D eigenvalue weighted by atomic mass is 16.2. The number of aliphatic hydroxyl groups is 1. The summed E-state index contributed by atoms with van der Waals surface area (Å²) < 4.78 is 0. The van der Waals surface area contributed by atoms with Gasteiger partial charge in [-0.3, -0.25) is 4.79 Å². The number of hydrogen-bond donors (Lipinski definition) is 2. The van der Waals surface area contributed by atoms with E-state index in [1.165, 1.54) is 6.92 Å². The average Bonchev–Trinajstić information content (AvgIpc) is 2.28. The Bertz CT molecular complexity index is 398. The van der Waals surface area contributed by atoms with Crippen LogP contribution in [0.5, 0.6) is 0 Å². The van der Waals surface area contributed by atoms with Gasteiger partial charge in [-0.25, -0.2) is 0 Å². The van der Waals surface area contributed by atoms with E-state index in [0.717, 1.165) is 11.1 Å². The van der Waals surface area contributed by atoms with Crippen LogP contribution in [0.3, 0.4) is 0 Å². The van der Waals surface area contributed by atoms with Gasteiger partial charge in [0.2, 0.25) is 5.91 Å². The minimum Gasteiger partial charge on any atom is -0.395 e. The van der Waals surface area contributed by atoms with Crippen molar-refractivity contribution in [2.45, 2.75) is 19.9 Å². The van der Waals surface area contributed by atoms with Gasteiger partial charge in [0.05, 0.1) is 6.61 Å². The maximum atomic E-state index is 10.7. The fourth-order valence-electron chi connectivity index (χ4n) is 1.15. The van der Waals surface area contributed by atoms with Crippen molar-refractivity contribution in [3.8, 4) is 11.8 Å². The van der Waals surface area contributed by atoms with Crippen LogP contribution in [0.1, 0.15) is 24.5 Å². The molecule has 1 amide bonds. The fraction of sp³-hybridized carbons (Fsp3) is 0.308. The smallest absolute Gasteiger partial charge is 0.217 e. The van der Waals surface area contributed by atoms with Crippen LogP contribution in [-0.2, 0) is 11.3 Å². The number of benzene rings is 1. The summed E-state index contributed by atoms with van der Waals surface area (Å²) in [6.07, 6.45) is 0.494. The first kappa shape index (κ1) is 12.3. The van der Waals surface area contributed by atoms with E-state index in [4.69, 9.17) is 5.11 Å². The highest BCUT2D eigenvalue weighted by Crippen LogP contribution is 2.02. The third-order valence-electron chi connectivity index (χ3n) is 1.96. The van der Waals surface area contributed by atoms with Gasteiger partial charge in [0.15, 0.2) is 0 Å². The van der Waals surface area contributed by atoms with Crippen molar-refractivity contribution in [3.63, 3.8) is 0 Å². The molecule has 0 aliphatic carbocycles. The van der Waals surface area contributed by atoms with Gasteiger partial charge >= 0.3 is 0 Å². The molecule has 0 radical (unpaired) electrons. The molecule has 0 fully saturated rings. The Morgan fingerprint density at radius 1 is 1.38 bits per heavy atom. The van der Waals surface area contributed by atoms with Crippen LogP contribution < -0.4 is 5.32 Å². The summed E-state index contributed by atoms with van der Waals surface area (Å²) in [6, 6.07) is 7.67. The van der Waals surface area contributed by atoms with Gasteiger partial charge in [0.1, 0.15) is 0 Å². The van der Waals surface area contributed by atoms with Gasteiger partial charge < -0.3 is 10.4 Å². The van der Waals surface area contributed by atoms with Crippen molar-refractivity contribution in [3.05, 3.63) is 35.4 Å². The first-order chi connectivity index (χ1) is 7.72. The van der Waals surface area contributed by atoms with Crippen LogP contribution in [0, 0.1) is 11.8 Å². The van der Waals surface area contributed by atoms with Gasteiger partial charge in [-0.1, -0.05) is 24.0 Å². The zero-order valence-electron chi connectivity index (χ0n) is 9.29. The maximum absolute atomic E-state index is 10.7. The number of nitrogens with one attached hydrogen (secondary N) is 1. The topological polar surface area (TPSA) is 49.3 Å². The predicted octanol–water partition coefficient (Wildman–Crippen LogP) is 1.06. The van der Waals surface area contributed by atoms with Crippen LogP contribution in [0.15, 0.2) is 24.3 Å². The largest absolute Gasteiger partial charge is 0.395 e. The molecular weight excluding hydrogens is 202 g/mol. The van der Waals surface area contributed by atoms with Crippen LogP contribution in [-0.4, -0.2) is 17.6 Å². The normalized spacial score (nSPS) is 9.12. The van der Waals surface area contributed by atoms with Crippen molar-refractivity contribution in [2.24, 2.45) is 0 Å². The molecule has 0 bridgehead atoms. The molecule has 0 saturated heterocycles. The van der Waals surface area contributed by atoms with Crippen LogP contribution in [0.4, 0.5) is 0 Å². The lowest BCUT2D eigenvalue weighted by molar-refractivity contribution is -0.119. The first-order valence-corrected chi connectivity index (χ1v) is 5.15. The molecule has 1 aromatic rings. The Morgan fingerprint density at radius 2 is 2.06 bits per heavy atom. The molecular formula is C13H15NO2. The molecule has 1 aromatic carbocycles. The second-order valence-corrected chi connectivity index (χ2v) is 3.38. The summed E-state index contributed by atoms with van der Waals surface area (Å²) in [5.41, 5.74) is 1.96. The van der Waals surface area contributed by atoms with E-state index >= 15 is 0 Å². The summed E-state index contributed by atoms with van der Waals surface area (Å²) in [7, 11) is 0. The van der Waals surface area contributed by atoms with E-state index in [0.29, 0.717) is 13.0 Å². The van der Waals surface area contributed by atoms with E-state index in [1.807, 2.05) is 24.3 Å². The Hall–Kier alpha value is -1.79. The Morgan fingerprint density at radius 3 is 2.62 bits per heavy atom. The maximum Gasteiger partial charge on any atom is 0.217 e. The highest BCUT2D eigenvalue weighted by molar-refractivity contribution is 5.72. The van der Waals surface area contributed by atoms with Gasteiger partial charge in [-0.2, -0.15) is 0 Å². The Balaban J connectivity index is 2.55. The molecule has 1 rings (SSSR count). The lowest BCUT2D eigenvalue weighted by Gasteiger charge is -2.01. The van der Waals surface area contributed by atoms with E-state index in [-0.39, 0.29) is 12.5 Å². The third-order valence-corrected chi connectivity index (χ3v) is 1.96. The SMILES string of the molecule is CC(=O)NCc1ccc(C#CCCO)cc1. The van der Waals surface area contributed by atoms with Crippen LogP contribution >= 0.6 is 0 Å². The molecule has 3 nitrogen and oxygen atoms in total. The van der Waals surface area contributed by atoms with Gasteiger partial charge in [0.25, 0.3) is 0 Å². The van der Waals surface area contributed by atoms with Crippen LogP contribution in [0.25, 0.3) is 0 Å². The second kappa shape index (κ2) is 6.65. The number of rotatable bonds is 3. The summed E-state index contributed by atoms with van der Waals surface area (Å²) in [6.45, 7) is 2.13. The molecule has 16 heavy (non-hydrogen) atoms. The highest BCUT2D eigenvalue weighted by Gasteiger charge is 1.94. The van der Waals surface area contributed by atoms with Crippen molar-refractivity contribution < 1.29 is 9.90 Å². The summed E-state index contributed by atoms with van der Waals surface area (Å²) >= 11 is 0. The van der Waals surface area contributed by atoms with E-state index in [1.54, 1.807) is 0 Å². The van der Waals surface area contributed by atoms with Crippen molar-refractivity contribution in [1.82, 2.24) is 5.32 Å². The number of aliphatic hydroxyl groups excluding tert-OH is 1. The molecule has 0 aromatic heterocycles. The molecule has 0 heterocycles. The van der Waals surface area contributed by atoms with E-state index in [2.05, 4.69) is 17.2 Å². The molecule has 0 aliphatic heterocycles. The Labute approximate surface area is 95.5 Å². The molecule has 0 saturated carbocycles. The van der Waals surface area contributed by atoms with Crippen molar-refractivity contribution >= 4 is 5.91 Å². The quantitative estimate of drug-likeness (QED) is 0.744. The number of amides is 1. The molecule has 0 atom stereocenters. The van der Waals surface area contributed by atoms with Gasteiger partial charge in [-0.15, -0.1) is 0 Å². The average molecular weight is 217 g/mol. The van der Waals surface area contributed by atoms with E-state index in [9.17, 15) is 4.79 Å². The summed E-state index contributed by atoms with van der Waals surface area (Å²) in [5, 5.41) is 11.3.